The van der Waals surface area contributed by atoms with E-state index in [1.165, 1.54) is 36.6 Å². The molecule has 0 aliphatic carbocycles. The molecule has 3 rings (SSSR count). The highest BCUT2D eigenvalue weighted by molar-refractivity contribution is 5.85. The standard InChI is InChI=1S/C32H45N3O3/c1-5-6-7-8-9-10-15-31(36)35(25(2)3)24-32(37)34(23-26-16-18-28(38-4)19-17-26)21-20-27-22-33-30-14-12-11-13-29(27)30/h11-14,16-19,22,25,33H,5-10,15,20-21,23-24H2,1-4H3. The van der Waals surface area contributed by atoms with Gasteiger partial charge in [-0.05, 0) is 56.0 Å². The molecule has 1 N–H and O–H groups in total. The number of carbonyl (C=O) groups is 2. The molecular formula is C32H45N3O3. The molecule has 0 atom stereocenters. The fourth-order valence-corrected chi connectivity index (χ4v) is 4.84. The molecule has 1 aromatic heterocycles. The van der Waals surface area contributed by atoms with Crippen LogP contribution >= 0.6 is 0 Å². The first-order chi connectivity index (χ1) is 18.4. The molecule has 0 unspecified atom stereocenters. The Balaban J connectivity index is 1.68. The minimum atomic E-state index is -0.0250. The van der Waals surface area contributed by atoms with Gasteiger partial charge in [0.2, 0.25) is 11.8 Å². The van der Waals surface area contributed by atoms with Crippen molar-refractivity contribution in [1.82, 2.24) is 14.8 Å². The summed E-state index contributed by atoms with van der Waals surface area (Å²) in [5, 5.41) is 1.18. The van der Waals surface area contributed by atoms with Gasteiger partial charge in [-0.15, -0.1) is 0 Å². The summed E-state index contributed by atoms with van der Waals surface area (Å²) in [6.45, 7) is 7.36. The van der Waals surface area contributed by atoms with Gasteiger partial charge in [-0.25, -0.2) is 0 Å². The maximum absolute atomic E-state index is 13.7. The van der Waals surface area contributed by atoms with Crippen molar-refractivity contribution >= 4 is 22.7 Å². The summed E-state index contributed by atoms with van der Waals surface area (Å²) < 4.78 is 5.30. The van der Waals surface area contributed by atoms with Crippen LogP contribution in [0.3, 0.4) is 0 Å². The van der Waals surface area contributed by atoms with Crippen LogP contribution in [0.25, 0.3) is 10.9 Å². The Hall–Kier alpha value is -3.28. The van der Waals surface area contributed by atoms with Crippen molar-refractivity contribution in [1.29, 1.82) is 0 Å². The van der Waals surface area contributed by atoms with E-state index in [1.807, 2.05) is 61.3 Å². The van der Waals surface area contributed by atoms with E-state index in [0.29, 0.717) is 19.5 Å². The van der Waals surface area contributed by atoms with Gasteiger partial charge in [0.1, 0.15) is 5.75 Å². The topological polar surface area (TPSA) is 65.6 Å². The highest BCUT2D eigenvalue weighted by Crippen LogP contribution is 2.20. The van der Waals surface area contributed by atoms with Gasteiger partial charge in [0.15, 0.2) is 0 Å². The van der Waals surface area contributed by atoms with Crippen molar-refractivity contribution in [2.45, 2.75) is 84.7 Å². The number of nitrogens with one attached hydrogen (secondary N) is 1. The van der Waals surface area contributed by atoms with Crippen LogP contribution in [-0.4, -0.2) is 52.8 Å². The van der Waals surface area contributed by atoms with Gasteiger partial charge in [0.25, 0.3) is 0 Å². The lowest BCUT2D eigenvalue weighted by atomic mass is 10.1. The quantitative estimate of drug-likeness (QED) is 0.213. The van der Waals surface area contributed by atoms with Crippen LogP contribution in [-0.2, 0) is 22.6 Å². The number of carbonyl (C=O) groups excluding carboxylic acids is 2. The zero-order valence-electron chi connectivity index (χ0n) is 23.7. The first kappa shape index (κ1) is 29.3. The Morgan fingerprint density at radius 3 is 2.34 bits per heavy atom. The third-order valence-corrected chi connectivity index (χ3v) is 7.20. The number of rotatable bonds is 16. The first-order valence-electron chi connectivity index (χ1n) is 14.2. The monoisotopic (exact) mass is 519 g/mol. The number of benzene rings is 2. The number of para-hydroxylation sites is 1. The molecule has 0 aliphatic heterocycles. The van der Waals surface area contributed by atoms with E-state index in [0.717, 1.165) is 36.1 Å². The Morgan fingerprint density at radius 2 is 1.63 bits per heavy atom. The molecule has 0 aliphatic rings. The van der Waals surface area contributed by atoms with E-state index in [-0.39, 0.29) is 24.4 Å². The van der Waals surface area contributed by atoms with Gasteiger partial charge in [-0.1, -0.05) is 69.4 Å². The average molecular weight is 520 g/mol. The van der Waals surface area contributed by atoms with Crippen LogP contribution in [0.1, 0.15) is 76.8 Å². The SMILES string of the molecule is CCCCCCCCC(=O)N(CC(=O)N(CCc1c[nH]c2ccccc12)Cc1ccc(OC)cc1)C(C)C. The van der Waals surface area contributed by atoms with E-state index >= 15 is 0 Å². The molecule has 38 heavy (non-hydrogen) atoms. The van der Waals surface area contributed by atoms with Crippen molar-refractivity contribution in [2.75, 3.05) is 20.2 Å². The van der Waals surface area contributed by atoms with Crippen molar-refractivity contribution in [3.63, 3.8) is 0 Å². The third kappa shape index (κ3) is 8.64. The smallest absolute Gasteiger partial charge is 0.242 e. The summed E-state index contributed by atoms with van der Waals surface area (Å²) in [7, 11) is 1.65. The average Bonchev–Trinajstić information content (AvgIpc) is 3.34. The van der Waals surface area contributed by atoms with Gasteiger partial charge in [0, 0.05) is 42.7 Å². The van der Waals surface area contributed by atoms with Crippen LogP contribution in [0.4, 0.5) is 0 Å². The Bertz CT molecular complexity index is 1140. The van der Waals surface area contributed by atoms with Gasteiger partial charge >= 0.3 is 0 Å². The summed E-state index contributed by atoms with van der Waals surface area (Å²) in [6, 6.07) is 16.0. The molecule has 0 bridgehead atoms. The number of hydrogen-bond donors (Lipinski definition) is 1. The van der Waals surface area contributed by atoms with E-state index in [9.17, 15) is 9.59 Å². The molecule has 1 heterocycles. The second-order valence-corrected chi connectivity index (χ2v) is 10.4. The van der Waals surface area contributed by atoms with Crippen molar-refractivity contribution in [3.8, 4) is 5.75 Å². The highest BCUT2D eigenvalue weighted by atomic mass is 16.5. The summed E-state index contributed by atoms with van der Waals surface area (Å²) in [4.78, 5) is 33.7. The normalized spacial score (nSPS) is 11.2. The zero-order valence-corrected chi connectivity index (χ0v) is 23.7. The minimum absolute atomic E-state index is 0.0225. The molecule has 206 valence electrons. The third-order valence-electron chi connectivity index (χ3n) is 7.20. The maximum Gasteiger partial charge on any atom is 0.242 e. The largest absolute Gasteiger partial charge is 0.497 e. The molecule has 0 saturated carbocycles. The fraction of sp³-hybridized carbons (Fsp3) is 0.500. The second-order valence-electron chi connectivity index (χ2n) is 10.4. The molecule has 2 amide bonds. The molecule has 6 heteroatoms. The number of methoxy groups -OCH3 is 1. The number of aromatic amines is 1. The number of nitrogens with zero attached hydrogens (tertiary/aromatic N) is 2. The summed E-state index contributed by atoms with van der Waals surface area (Å²) in [5.41, 5.74) is 3.32. The predicted octanol–water partition coefficient (Wildman–Crippen LogP) is 6.74. The van der Waals surface area contributed by atoms with Crippen LogP contribution in [0.2, 0.25) is 0 Å². The number of aromatic nitrogens is 1. The first-order valence-corrected chi connectivity index (χ1v) is 14.2. The van der Waals surface area contributed by atoms with Crippen molar-refractivity contribution in [3.05, 3.63) is 65.9 Å². The lowest BCUT2D eigenvalue weighted by Crippen LogP contribution is -2.46. The minimum Gasteiger partial charge on any atom is -0.497 e. The van der Waals surface area contributed by atoms with Crippen molar-refractivity contribution in [2.24, 2.45) is 0 Å². The van der Waals surface area contributed by atoms with E-state index in [4.69, 9.17) is 4.74 Å². The molecule has 0 saturated heterocycles. The highest BCUT2D eigenvalue weighted by Gasteiger charge is 2.23. The van der Waals surface area contributed by atoms with Gasteiger partial charge in [-0.2, -0.15) is 0 Å². The van der Waals surface area contributed by atoms with Crippen LogP contribution < -0.4 is 4.74 Å². The maximum atomic E-state index is 13.7. The Labute approximate surface area is 228 Å². The molecule has 6 nitrogen and oxygen atoms in total. The fourth-order valence-electron chi connectivity index (χ4n) is 4.84. The molecule has 0 fully saturated rings. The van der Waals surface area contributed by atoms with Gasteiger partial charge < -0.3 is 19.5 Å². The predicted molar refractivity (Wildman–Crippen MR) is 155 cm³/mol. The van der Waals surface area contributed by atoms with Crippen LogP contribution in [0, 0.1) is 0 Å². The van der Waals surface area contributed by atoms with Gasteiger partial charge in [0.05, 0.1) is 13.7 Å². The van der Waals surface area contributed by atoms with E-state index in [2.05, 4.69) is 24.0 Å². The molecular weight excluding hydrogens is 474 g/mol. The molecule has 3 aromatic rings. The van der Waals surface area contributed by atoms with Crippen LogP contribution in [0.5, 0.6) is 5.75 Å². The number of fused-ring (bicyclic) bond motifs is 1. The Kier molecular flexibility index (Phi) is 11.7. The van der Waals surface area contributed by atoms with E-state index in [1.54, 1.807) is 12.0 Å². The lowest BCUT2D eigenvalue weighted by Gasteiger charge is -2.30. The second kappa shape index (κ2) is 15.2. The zero-order chi connectivity index (χ0) is 27.3. The number of amides is 2. The van der Waals surface area contributed by atoms with Crippen molar-refractivity contribution < 1.29 is 14.3 Å². The molecule has 0 spiro atoms. The molecule has 0 radical (unpaired) electrons. The lowest BCUT2D eigenvalue weighted by molar-refractivity contribution is -0.142. The number of H-pyrrole nitrogens is 1. The Morgan fingerprint density at radius 1 is 0.921 bits per heavy atom. The number of hydrogen-bond acceptors (Lipinski definition) is 3. The summed E-state index contributed by atoms with van der Waals surface area (Å²) in [5.74, 6) is 0.840. The molecule has 2 aromatic carbocycles. The summed E-state index contributed by atoms with van der Waals surface area (Å²) >= 11 is 0. The summed E-state index contributed by atoms with van der Waals surface area (Å²) in [6.07, 6.45) is 10.1. The van der Waals surface area contributed by atoms with Crippen LogP contribution in [0.15, 0.2) is 54.7 Å². The number of ether oxygens (including phenoxy) is 1. The van der Waals surface area contributed by atoms with Gasteiger partial charge in [-0.3, -0.25) is 9.59 Å². The number of unbranched alkanes of at least 4 members (excludes halogenated alkanes) is 5. The van der Waals surface area contributed by atoms with E-state index < -0.39 is 0 Å².